The summed E-state index contributed by atoms with van der Waals surface area (Å²) in [6.45, 7) is 4.08. The van der Waals surface area contributed by atoms with E-state index in [1.54, 1.807) is 4.90 Å². The number of nitrogens with zero attached hydrogens (tertiary/aromatic N) is 3. The van der Waals surface area contributed by atoms with Gasteiger partial charge in [-0.3, -0.25) is 9.69 Å². The largest absolute Gasteiger partial charge is 0.491 e. The molecule has 0 bridgehead atoms. The molecular formula is C18H24F2N4O3. The van der Waals surface area contributed by atoms with Gasteiger partial charge in [-0.15, -0.1) is 0 Å². The molecule has 0 saturated carbocycles. The first kappa shape index (κ1) is 19.3. The lowest BCUT2D eigenvalue weighted by Crippen LogP contribution is -2.52. The second kappa shape index (κ2) is 8.51. The van der Waals surface area contributed by atoms with Crippen LogP contribution >= 0.6 is 0 Å². The number of hydrogen-bond donors (Lipinski definition) is 1. The summed E-state index contributed by atoms with van der Waals surface area (Å²) in [6.07, 6.45) is 2.12. The summed E-state index contributed by atoms with van der Waals surface area (Å²) < 4.78 is 32.1. The number of hydrogen-bond acceptors (Lipinski definition) is 4. The molecule has 1 aromatic carbocycles. The summed E-state index contributed by atoms with van der Waals surface area (Å²) in [4.78, 5) is 30.0. The molecule has 0 unspecified atom stereocenters. The van der Waals surface area contributed by atoms with Crippen LogP contribution in [0.5, 0.6) is 5.75 Å². The van der Waals surface area contributed by atoms with E-state index in [0.717, 1.165) is 38.1 Å². The molecular weight excluding hydrogens is 358 g/mol. The minimum Gasteiger partial charge on any atom is -0.491 e. The lowest BCUT2D eigenvalue weighted by Gasteiger charge is -2.35. The number of benzene rings is 1. The van der Waals surface area contributed by atoms with Crippen molar-refractivity contribution in [3.63, 3.8) is 0 Å². The zero-order valence-electron chi connectivity index (χ0n) is 15.3. The highest BCUT2D eigenvalue weighted by atomic mass is 19.1. The quantitative estimate of drug-likeness (QED) is 0.862. The van der Waals surface area contributed by atoms with Crippen LogP contribution in [-0.2, 0) is 4.79 Å². The molecule has 0 radical (unpaired) electrons. The minimum absolute atomic E-state index is 0.0300. The van der Waals surface area contributed by atoms with E-state index in [4.69, 9.17) is 0 Å². The summed E-state index contributed by atoms with van der Waals surface area (Å²) in [5.41, 5.74) is 0.0300. The number of amides is 3. The van der Waals surface area contributed by atoms with E-state index < -0.39 is 23.4 Å². The first-order valence-electron chi connectivity index (χ1n) is 9.07. The van der Waals surface area contributed by atoms with Crippen LogP contribution in [0.4, 0.5) is 19.3 Å². The highest BCUT2D eigenvalue weighted by Crippen LogP contribution is 2.25. The molecule has 9 heteroatoms. The van der Waals surface area contributed by atoms with Crippen LogP contribution in [0.2, 0.25) is 0 Å². The Balaban J connectivity index is 1.49. The summed E-state index contributed by atoms with van der Waals surface area (Å²) in [7, 11) is 1.17. The summed E-state index contributed by atoms with van der Waals surface area (Å²) in [5, 5.41) is 2.50. The summed E-state index contributed by atoms with van der Waals surface area (Å²) >= 11 is 0. The lowest BCUT2D eigenvalue weighted by atomic mass is 10.2. The highest BCUT2D eigenvalue weighted by molar-refractivity contribution is 5.89. The van der Waals surface area contributed by atoms with Gasteiger partial charge in [-0.1, -0.05) is 0 Å². The van der Waals surface area contributed by atoms with Gasteiger partial charge < -0.3 is 19.9 Å². The molecule has 1 aromatic rings. The van der Waals surface area contributed by atoms with Crippen LogP contribution in [0.15, 0.2) is 12.1 Å². The summed E-state index contributed by atoms with van der Waals surface area (Å²) in [5.74, 6) is -2.10. The maximum atomic E-state index is 13.7. The van der Waals surface area contributed by atoms with Gasteiger partial charge in [0.05, 0.1) is 13.7 Å². The molecule has 2 saturated heterocycles. The molecule has 2 aliphatic rings. The predicted octanol–water partition coefficient (Wildman–Crippen LogP) is 1.75. The fraction of sp³-hybridized carbons (Fsp3) is 0.556. The third-order valence-corrected chi connectivity index (χ3v) is 4.93. The molecule has 0 aliphatic carbocycles. The van der Waals surface area contributed by atoms with Gasteiger partial charge in [-0.05, 0) is 12.8 Å². The predicted molar refractivity (Wildman–Crippen MR) is 95.8 cm³/mol. The van der Waals surface area contributed by atoms with Crippen LogP contribution in [0.3, 0.4) is 0 Å². The zero-order valence-corrected chi connectivity index (χ0v) is 15.3. The number of methoxy groups -OCH3 is 1. The Morgan fingerprint density at radius 1 is 1.00 bits per heavy atom. The number of carbonyl (C=O) groups excluding carboxylic acids is 2. The number of carbonyl (C=O) groups is 2. The van der Waals surface area contributed by atoms with Gasteiger partial charge in [0.15, 0.2) is 17.4 Å². The van der Waals surface area contributed by atoms with E-state index in [1.807, 2.05) is 9.80 Å². The zero-order chi connectivity index (χ0) is 19.4. The average Bonchev–Trinajstić information content (AvgIpc) is 3.17. The maximum Gasteiger partial charge on any atom is 0.321 e. The number of halogens is 2. The third-order valence-electron chi connectivity index (χ3n) is 4.93. The van der Waals surface area contributed by atoms with Gasteiger partial charge in [-0.2, -0.15) is 0 Å². The van der Waals surface area contributed by atoms with E-state index in [9.17, 15) is 18.4 Å². The Kier molecular flexibility index (Phi) is 6.10. The van der Waals surface area contributed by atoms with Gasteiger partial charge in [0.1, 0.15) is 0 Å². The Bertz CT molecular complexity index is 679. The monoisotopic (exact) mass is 382 g/mol. The number of urea groups is 1. The van der Waals surface area contributed by atoms with Crippen molar-refractivity contribution >= 4 is 17.6 Å². The van der Waals surface area contributed by atoms with Crippen molar-refractivity contribution in [3.8, 4) is 5.75 Å². The molecule has 1 N–H and O–H groups in total. The van der Waals surface area contributed by atoms with Crippen molar-refractivity contribution in [2.24, 2.45) is 0 Å². The van der Waals surface area contributed by atoms with Gasteiger partial charge in [0.2, 0.25) is 5.91 Å². The number of anilines is 1. The number of likely N-dealkylation sites (tertiary alicyclic amines) is 1. The molecule has 2 aliphatic heterocycles. The fourth-order valence-electron chi connectivity index (χ4n) is 3.40. The number of nitrogens with one attached hydrogen (secondary N) is 1. The second-order valence-corrected chi connectivity index (χ2v) is 6.75. The highest BCUT2D eigenvalue weighted by Gasteiger charge is 2.25. The Morgan fingerprint density at radius 2 is 1.59 bits per heavy atom. The minimum atomic E-state index is -0.877. The van der Waals surface area contributed by atoms with E-state index >= 15 is 0 Å². The molecule has 0 spiro atoms. The van der Waals surface area contributed by atoms with Crippen molar-refractivity contribution < 1.29 is 23.1 Å². The van der Waals surface area contributed by atoms with Crippen molar-refractivity contribution in [3.05, 3.63) is 23.8 Å². The molecule has 2 fully saturated rings. The van der Waals surface area contributed by atoms with Gasteiger partial charge >= 0.3 is 6.03 Å². The Labute approximate surface area is 156 Å². The maximum absolute atomic E-state index is 13.7. The van der Waals surface area contributed by atoms with E-state index in [-0.39, 0.29) is 11.6 Å². The Hall–Kier alpha value is -2.42. The molecule has 3 rings (SSSR count). The molecule has 2 heterocycles. The first-order chi connectivity index (χ1) is 13.0. The molecule has 0 aromatic heterocycles. The second-order valence-electron chi connectivity index (χ2n) is 6.75. The number of rotatable bonds is 4. The average molecular weight is 382 g/mol. The molecule has 7 nitrogen and oxygen atoms in total. The van der Waals surface area contributed by atoms with Crippen LogP contribution in [0, 0.1) is 11.6 Å². The SMILES string of the molecule is COc1c(F)cc(NC(=O)N2CCN(CC(=O)N3CCCC3)CC2)cc1F. The first-order valence-corrected chi connectivity index (χ1v) is 9.07. The van der Waals surface area contributed by atoms with Gasteiger partial charge in [-0.25, -0.2) is 13.6 Å². The number of piperazine rings is 1. The van der Waals surface area contributed by atoms with Crippen molar-refractivity contribution in [1.29, 1.82) is 0 Å². The van der Waals surface area contributed by atoms with Crippen LogP contribution in [0.1, 0.15) is 12.8 Å². The molecule has 27 heavy (non-hydrogen) atoms. The topological polar surface area (TPSA) is 65.1 Å². The molecule has 3 amide bonds. The van der Waals surface area contributed by atoms with E-state index in [1.165, 1.54) is 7.11 Å². The van der Waals surface area contributed by atoms with Crippen molar-refractivity contribution in [1.82, 2.24) is 14.7 Å². The fourth-order valence-corrected chi connectivity index (χ4v) is 3.40. The third kappa shape index (κ3) is 4.65. The lowest BCUT2D eigenvalue weighted by molar-refractivity contribution is -0.131. The number of ether oxygens (including phenoxy) is 1. The normalized spacial score (nSPS) is 17.9. The standard InChI is InChI=1S/C18H24F2N4O3/c1-27-17-14(19)10-13(11-15(17)20)21-18(26)24-8-6-22(7-9-24)12-16(25)23-4-2-3-5-23/h10-11H,2-9,12H2,1H3,(H,21,26). The van der Waals surface area contributed by atoms with Gasteiger partial charge in [0, 0.05) is 57.1 Å². The van der Waals surface area contributed by atoms with Crippen molar-refractivity contribution in [2.45, 2.75) is 12.8 Å². The van der Waals surface area contributed by atoms with Gasteiger partial charge in [0.25, 0.3) is 0 Å². The van der Waals surface area contributed by atoms with E-state index in [2.05, 4.69) is 10.1 Å². The van der Waals surface area contributed by atoms with Crippen LogP contribution < -0.4 is 10.1 Å². The molecule has 0 atom stereocenters. The van der Waals surface area contributed by atoms with Crippen molar-refractivity contribution in [2.75, 3.05) is 58.2 Å². The smallest absolute Gasteiger partial charge is 0.321 e. The molecule has 148 valence electrons. The Morgan fingerprint density at radius 3 is 2.15 bits per heavy atom. The van der Waals surface area contributed by atoms with Crippen LogP contribution in [0.25, 0.3) is 0 Å². The van der Waals surface area contributed by atoms with Crippen LogP contribution in [-0.4, -0.2) is 79.6 Å². The van der Waals surface area contributed by atoms with E-state index in [0.29, 0.717) is 32.7 Å². The summed E-state index contributed by atoms with van der Waals surface area (Å²) in [6, 6.07) is 1.61.